The van der Waals surface area contributed by atoms with E-state index in [4.69, 9.17) is 12.2 Å². The van der Waals surface area contributed by atoms with E-state index < -0.39 is 0 Å². The minimum absolute atomic E-state index is 0.601. The van der Waals surface area contributed by atoms with Gasteiger partial charge in [-0.2, -0.15) is 11.8 Å². The lowest BCUT2D eigenvalue weighted by Gasteiger charge is -2.15. The molecule has 3 nitrogen and oxygen atoms in total. The van der Waals surface area contributed by atoms with E-state index >= 15 is 0 Å². The summed E-state index contributed by atoms with van der Waals surface area (Å²) in [6.45, 7) is 0.925. The Balaban J connectivity index is 1.50. The van der Waals surface area contributed by atoms with Crippen molar-refractivity contribution in [1.82, 2.24) is 15.6 Å². The van der Waals surface area contributed by atoms with Crippen molar-refractivity contribution < 1.29 is 0 Å². The quantitative estimate of drug-likeness (QED) is 0.623. The van der Waals surface area contributed by atoms with E-state index in [0.29, 0.717) is 6.04 Å². The fourth-order valence-electron chi connectivity index (χ4n) is 2.21. The summed E-state index contributed by atoms with van der Waals surface area (Å²) >= 11 is 7.21. The third-order valence-electron chi connectivity index (χ3n) is 3.24. The van der Waals surface area contributed by atoms with Crippen molar-refractivity contribution in [3.8, 4) is 0 Å². The number of hydrogen-bond acceptors (Lipinski definition) is 3. The summed E-state index contributed by atoms with van der Waals surface area (Å²) in [5, 5.41) is 7.49. The largest absolute Gasteiger partial charge is 0.362 e. The smallest absolute Gasteiger partial charge is 0.166 e. The molecule has 1 aromatic heterocycles. The van der Waals surface area contributed by atoms with Gasteiger partial charge >= 0.3 is 0 Å². The van der Waals surface area contributed by atoms with Crippen molar-refractivity contribution >= 4 is 29.1 Å². The Hall–Kier alpha value is -0.810. The van der Waals surface area contributed by atoms with E-state index in [-0.39, 0.29) is 0 Å². The van der Waals surface area contributed by atoms with Gasteiger partial charge in [-0.25, -0.2) is 0 Å². The van der Waals surface area contributed by atoms with Crippen LogP contribution in [0.15, 0.2) is 24.5 Å². The maximum absolute atomic E-state index is 5.29. The van der Waals surface area contributed by atoms with Crippen LogP contribution in [0.4, 0.5) is 0 Å². The number of thioether (sulfide) groups is 1. The first-order valence-corrected chi connectivity index (χ1v) is 8.42. The molecule has 0 atom stereocenters. The van der Waals surface area contributed by atoms with Crippen LogP contribution >= 0.6 is 24.0 Å². The zero-order valence-electron chi connectivity index (χ0n) is 11.1. The molecule has 1 aromatic rings. The molecule has 1 aliphatic rings. The van der Waals surface area contributed by atoms with E-state index in [9.17, 15) is 0 Å². The maximum atomic E-state index is 5.29. The lowest BCUT2D eigenvalue weighted by Crippen LogP contribution is -2.41. The molecule has 1 heterocycles. The van der Waals surface area contributed by atoms with Crippen molar-refractivity contribution in [2.45, 2.75) is 37.5 Å². The van der Waals surface area contributed by atoms with E-state index in [1.54, 1.807) is 0 Å². The molecular formula is C14H21N3S2. The number of nitrogens with one attached hydrogen (secondary N) is 2. The molecule has 0 aliphatic heterocycles. The van der Waals surface area contributed by atoms with Crippen molar-refractivity contribution in [3.63, 3.8) is 0 Å². The van der Waals surface area contributed by atoms with Gasteiger partial charge in [0.05, 0.1) is 0 Å². The Kier molecular flexibility index (Phi) is 6.44. The van der Waals surface area contributed by atoms with Gasteiger partial charge in [0.25, 0.3) is 0 Å². The monoisotopic (exact) mass is 295 g/mol. The Morgan fingerprint density at radius 3 is 2.79 bits per heavy atom. The van der Waals surface area contributed by atoms with Crippen molar-refractivity contribution in [1.29, 1.82) is 0 Å². The van der Waals surface area contributed by atoms with Crippen LogP contribution in [0.25, 0.3) is 0 Å². The van der Waals surface area contributed by atoms with Crippen LogP contribution in [0.1, 0.15) is 31.2 Å². The van der Waals surface area contributed by atoms with E-state index in [1.807, 2.05) is 24.2 Å². The highest BCUT2D eigenvalue weighted by molar-refractivity contribution is 7.98. The SMILES string of the molecule is S=C(NCCSCc1ccncc1)NC1CCCC1. The van der Waals surface area contributed by atoms with Crippen LogP contribution in [0.5, 0.6) is 0 Å². The van der Waals surface area contributed by atoms with Crippen LogP contribution < -0.4 is 10.6 Å². The molecule has 1 saturated carbocycles. The van der Waals surface area contributed by atoms with Gasteiger partial charge in [0.2, 0.25) is 0 Å². The molecule has 2 rings (SSSR count). The number of hydrogen-bond donors (Lipinski definition) is 2. The molecule has 0 saturated heterocycles. The summed E-state index contributed by atoms with van der Waals surface area (Å²) in [5.74, 6) is 2.10. The molecule has 19 heavy (non-hydrogen) atoms. The maximum Gasteiger partial charge on any atom is 0.166 e. The summed E-state index contributed by atoms with van der Waals surface area (Å²) in [7, 11) is 0. The van der Waals surface area contributed by atoms with Gasteiger partial charge in [-0.15, -0.1) is 0 Å². The van der Waals surface area contributed by atoms with Gasteiger partial charge in [-0.1, -0.05) is 12.8 Å². The highest BCUT2D eigenvalue weighted by atomic mass is 32.2. The summed E-state index contributed by atoms with van der Waals surface area (Å²) < 4.78 is 0. The molecule has 0 unspecified atom stereocenters. The van der Waals surface area contributed by atoms with E-state index in [1.165, 1.54) is 31.2 Å². The van der Waals surface area contributed by atoms with Crippen LogP contribution in [-0.4, -0.2) is 28.4 Å². The first-order chi connectivity index (χ1) is 9.34. The molecule has 1 aliphatic carbocycles. The highest BCUT2D eigenvalue weighted by Gasteiger charge is 2.14. The summed E-state index contributed by atoms with van der Waals surface area (Å²) in [6.07, 6.45) is 8.88. The third kappa shape index (κ3) is 5.78. The van der Waals surface area contributed by atoms with Gasteiger partial charge in [0.15, 0.2) is 5.11 Å². The molecule has 1 fully saturated rings. The lowest BCUT2D eigenvalue weighted by molar-refractivity contribution is 0.623. The number of nitrogens with zero attached hydrogens (tertiary/aromatic N) is 1. The number of pyridine rings is 1. The van der Waals surface area contributed by atoms with Crippen LogP contribution in [0.2, 0.25) is 0 Å². The van der Waals surface area contributed by atoms with Crippen LogP contribution in [-0.2, 0) is 5.75 Å². The van der Waals surface area contributed by atoms with Gasteiger partial charge in [0, 0.05) is 36.5 Å². The Bertz CT molecular complexity index is 378. The van der Waals surface area contributed by atoms with Gasteiger partial charge in [-0.05, 0) is 42.8 Å². The molecule has 5 heteroatoms. The standard InChI is InChI=1S/C14H21N3S2/c18-14(17-13-3-1-2-4-13)16-9-10-19-11-12-5-7-15-8-6-12/h5-8,13H,1-4,9-11H2,(H2,16,17,18). The van der Waals surface area contributed by atoms with Crippen molar-refractivity contribution in [3.05, 3.63) is 30.1 Å². The zero-order chi connectivity index (χ0) is 13.3. The van der Waals surface area contributed by atoms with Crippen LogP contribution in [0, 0.1) is 0 Å². The van der Waals surface area contributed by atoms with E-state index in [0.717, 1.165) is 23.2 Å². The van der Waals surface area contributed by atoms with Gasteiger partial charge in [-0.3, -0.25) is 4.98 Å². The fraction of sp³-hybridized carbons (Fsp3) is 0.571. The van der Waals surface area contributed by atoms with Crippen molar-refractivity contribution in [2.75, 3.05) is 12.3 Å². The first-order valence-electron chi connectivity index (χ1n) is 6.85. The second kappa shape index (κ2) is 8.38. The number of aromatic nitrogens is 1. The minimum atomic E-state index is 0.601. The third-order valence-corrected chi connectivity index (χ3v) is 4.53. The molecule has 0 spiro atoms. The number of thiocarbonyl (C=S) groups is 1. The Labute approximate surface area is 125 Å². The summed E-state index contributed by atoms with van der Waals surface area (Å²) in [4.78, 5) is 4.01. The normalized spacial score (nSPS) is 15.4. The zero-order valence-corrected chi connectivity index (χ0v) is 12.7. The molecule has 0 radical (unpaired) electrons. The molecule has 0 bridgehead atoms. The van der Waals surface area contributed by atoms with E-state index in [2.05, 4.69) is 27.8 Å². The Morgan fingerprint density at radius 2 is 2.05 bits per heavy atom. The predicted molar refractivity (Wildman–Crippen MR) is 86.4 cm³/mol. The fourth-order valence-corrected chi connectivity index (χ4v) is 3.30. The topological polar surface area (TPSA) is 37.0 Å². The second-order valence-electron chi connectivity index (χ2n) is 4.79. The Morgan fingerprint density at radius 1 is 1.32 bits per heavy atom. The summed E-state index contributed by atoms with van der Waals surface area (Å²) in [6, 6.07) is 4.73. The predicted octanol–water partition coefficient (Wildman–Crippen LogP) is 2.72. The molecule has 0 amide bonds. The molecule has 104 valence electrons. The molecule has 2 N–H and O–H groups in total. The van der Waals surface area contributed by atoms with Crippen LogP contribution in [0.3, 0.4) is 0 Å². The second-order valence-corrected chi connectivity index (χ2v) is 6.30. The van der Waals surface area contributed by atoms with Gasteiger partial charge in [0.1, 0.15) is 0 Å². The minimum Gasteiger partial charge on any atom is -0.362 e. The molecular weight excluding hydrogens is 274 g/mol. The van der Waals surface area contributed by atoms with Crippen molar-refractivity contribution in [2.24, 2.45) is 0 Å². The van der Waals surface area contributed by atoms with Gasteiger partial charge < -0.3 is 10.6 Å². The molecule has 0 aromatic carbocycles. The average molecular weight is 295 g/mol. The average Bonchev–Trinajstić information content (AvgIpc) is 2.92. The lowest BCUT2D eigenvalue weighted by atomic mass is 10.3. The first kappa shape index (κ1) is 14.6. The highest BCUT2D eigenvalue weighted by Crippen LogP contribution is 2.17. The summed E-state index contributed by atoms with van der Waals surface area (Å²) in [5.41, 5.74) is 1.33. The number of rotatable bonds is 6.